The molecule has 8 nitrogen and oxygen atoms in total. The van der Waals surface area contributed by atoms with Gasteiger partial charge in [-0.15, -0.1) is 5.10 Å². The largest absolute Gasteiger partial charge is 0.354 e. The Labute approximate surface area is 205 Å². The van der Waals surface area contributed by atoms with E-state index in [-0.39, 0.29) is 18.4 Å². The summed E-state index contributed by atoms with van der Waals surface area (Å²) >= 11 is 0. The van der Waals surface area contributed by atoms with Crippen molar-refractivity contribution < 1.29 is 9.59 Å². The molecule has 0 fully saturated rings. The maximum atomic E-state index is 13.9. The van der Waals surface area contributed by atoms with Crippen molar-refractivity contribution in [2.24, 2.45) is 5.92 Å². The Morgan fingerprint density at radius 3 is 2.54 bits per heavy atom. The molecule has 35 heavy (non-hydrogen) atoms. The van der Waals surface area contributed by atoms with E-state index in [1.54, 1.807) is 34.1 Å². The highest BCUT2D eigenvalue weighted by Crippen LogP contribution is 2.29. The van der Waals surface area contributed by atoms with Gasteiger partial charge in [0.1, 0.15) is 18.1 Å². The van der Waals surface area contributed by atoms with Crippen LogP contribution in [-0.2, 0) is 16.1 Å². The number of aryl methyl sites for hydroxylation is 1. The first-order valence-electron chi connectivity index (χ1n) is 11.8. The molecule has 2 aromatic carbocycles. The molecule has 8 heteroatoms. The van der Waals surface area contributed by atoms with Crippen LogP contribution in [0.15, 0.2) is 73.1 Å². The molecule has 0 saturated heterocycles. The Morgan fingerprint density at radius 2 is 1.80 bits per heavy atom. The highest BCUT2D eigenvalue weighted by molar-refractivity contribution is 6.01. The van der Waals surface area contributed by atoms with E-state index >= 15 is 0 Å². The van der Waals surface area contributed by atoms with Crippen LogP contribution in [0.5, 0.6) is 0 Å². The van der Waals surface area contributed by atoms with Crippen molar-refractivity contribution in [3.63, 3.8) is 0 Å². The number of amides is 2. The van der Waals surface area contributed by atoms with Crippen LogP contribution in [0.3, 0.4) is 0 Å². The van der Waals surface area contributed by atoms with Crippen LogP contribution in [0, 0.1) is 12.8 Å². The molecule has 4 rings (SSSR count). The fraction of sp³-hybridized carbons (Fsp3) is 0.296. The molecule has 2 heterocycles. The van der Waals surface area contributed by atoms with E-state index < -0.39 is 6.04 Å². The van der Waals surface area contributed by atoms with Crippen LogP contribution in [-0.4, -0.2) is 38.3 Å². The second kappa shape index (κ2) is 10.9. The van der Waals surface area contributed by atoms with Gasteiger partial charge < -0.3 is 5.32 Å². The fourth-order valence-electron chi connectivity index (χ4n) is 4.00. The zero-order valence-electron chi connectivity index (χ0n) is 20.3. The maximum absolute atomic E-state index is 13.9. The van der Waals surface area contributed by atoms with Gasteiger partial charge in [0.25, 0.3) is 0 Å². The summed E-state index contributed by atoms with van der Waals surface area (Å²) in [6.45, 7) is 6.65. The molecule has 0 radical (unpaired) electrons. The molecule has 0 spiro atoms. The number of nitrogens with zero attached hydrogens (tertiary/aromatic N) is 5. The maximum Gasteiger partial charge on any atom is 0.249 e. The quantitative estimate of drug-likeness (QED) is 0.398. The lowest BCUT2D eigenvalue weighted by Gasteiger charge is -2.31. The topological polar surface area (TPSA) is 93.0 Å². The molecule has 2 aromatic heterocycles. The number of pyridine rings is 1. The van der Waals surface area contributed by atoms with Crippen LogP contribution in [0.25, 0.3) is 11.0 Å². The minimum absolute atomic E-state index is 0.0602. The number of anilines is 1. The molecule has 1 atom stereocenters. The number of carbonyl (C=O) groups is 2. The lowest BCUT2D eigenvalue weighted by atomic mass is 10.0. The second-order valence-corrected chi connectivity index (χ2v) is 9.00. The first-order chi connectivity index (χ1) is 16.9. The third kappa shape index (κ3) is 5.71. The number of carbonyl (C=O) groups excluding carboxylic acids is 2. The molecule has 0 aliphatic rings. The van der Waals surface area contributed by atoms with Crippen LogP contribution in [0.2, 0.25) is 0 Å². The summed E-state index contributed by atoms with van der Waals surface area (Å²) in [5.74, 6) is -0.0630. The van der Waals surface area contributed by atoms with Crippen molar-refractivity contribution >= 4 is 28.5 Å². The van der Waals surface area contributed by atoms with Crippen molar-refractivity contribution in [3.05, 3.63) is 84.2 Å². The van der Waals surface area contributed by atoms with E-state index in [2.05, 4.69) is 34.5 Å². The SMILES string of the molecule is Cc1cccc(N(C(=O)Cn2nnc3ccccc32)C(C(=O)NCCC(C)C)c2ccncc2)c1. The molecule has 180 valence electrons. The van der Waals surface area contributed by atoms with Crippen molar-refractivity contribution in [3.8, 4) is 0 Å². The molecular formula is C27H30N6O2. The van der Waals surface area contributed by atoms with Gasteiger partial charge in [-0.2, -0.15) is 0 Å². The average Bonchev–Trinajstić information content (AvgIpc) is 3.25. The van der Waals surface area contributed by atoms with Crippen molar-refractivity contribution in [2.45, 2.75) is 39.8 Å². The number of rotatable bonds is 9. The Bertz CT molecular complexity index is 1300. The first kappa shape index (κ1) is 24.1. The predicted octanol–water partition coefficient (Wildman–Crippen LogP) is 4.07. The van der Waals surface area contributed by atoms with E-state index in [1.807, 2.05) is 55.5 Å². The molecule has 2 amide bonds. The van der Waals surface area contributed by atoms with E-state index in [9.17, 15) is 9.59 Å². The zero-order chi connectivity index (χ0) is 24.8. The summed E-state index contributed by atoms with van der Waals surface area (Å²) in [7, 11) is 0. The molecular weight excluding hydrogens is 440 g/mol. The van der Waals surface area contributed by atoms with Gasteiger partial charge in [-0.1, -0.05) is 43.3 Å². The van der Waals surface area contributed by atoms with E-state index in [4.69, 9.17) is 0 Å². The van der Waals surface area contributed by atoms with E-state index in [0.29, 0.717) is 29.2 Å². The number of benzene rings is 2. The van der Waals surface area contributed by atoms with Gasteiger partial charge in [0.2, 0.25) is 11.8 Å². The minimum Gasteiger partial charge on any atom is -0.354 e. The normalized spacial score (nSPS) is 12.0. The summed E-state index contributed by atoms with van der Waals surface area (Å²) in [6, 6.07) is 17.8. The lowest BCUT2D eigenvalue weighted by molar-refractivity contribution is -0.127. The van der Waals surface area contributed by atoms with Gasteiger partial charge in [-0.25, -0.2) is 4.68 Å². The summed E-state index contributed by atoms with van der Waals surface area (Å²) in [4.78, 5) is 33.2. The van der Waals surface area contributed by atoms with Gasteiger partial charge in [0.05, 0.1) is 5.52 Å². The molecule has 1 N–H and O–H groups in total. The number of aromatic nitrogens is 4. The van der Waals surface area contributed by atoms with Gasteiger partial charge in [-0.05, 0) is 66.8 Å². The van der Waals surface area contributed by atoms with Crippen LogP contribution in [0.1, 0.15) is 37.4 Å². The summed E-state index contributed by atoms with van der Waals surface area (Å²) in [5, 5.41) is 11.4. The summed E-state index contributed by atoms with van der Waals surface area (Å²) in [6.07, 6.45) is 4.11. The Balaban J connectivity index is 1.74. The molecule has 1 unspecified atom stereocenters. The van der Waals surface area contributed by atoms with E-state index in [0.717, 1.165) is 17.5 Å². The number of para-hydroxylation sites is 1. The van der Waals surface area contributed by atoms with Crippen molar-refractivity contribution in [1.29, 1.82) is 0 Å². The lowest BCUT2D eigenvalue weighted by Crippen LogP contribution is -2.45. The summed E-state index contributed by atoms with van der Waals surface area (Å²) in [5.41, 5.74) is 3.77. The predicted molar refractivity (Wildman–Crippen MR) is 136 cm³/mol. The fourth-order valence-corrected chi connectivity index (χ4v) is 4.00. The zero-order valence-corrected chi connectivity index (χ0v) is 20.3. The van der Waals surface area contributed by atoms with Gasteiger partial charge in [-0.3, -0.25) is 19.5 Å². The molecule has 0 aliphatic carbocycles. The van der Waals surface area contributed by atoms with Crippen LogP contribution < -0.4 is 10.2 Å². The monoisotopic (exact) mass is 470 g/mol. The van der Waals surface area contributed by atoms with Crippen LogP contribution in [0.4, 0.5) is 5.69 Å². The molecule has 4 aromatic rings. The Kier molecular flexibility index (Phi) is 7.50. The van der Waals surface area contributed by atoms with Gasteiger partial charge in [0.15, 0.2) is 0 Å². The highest BCUT2D eigenvalue weighted by atomic mass is 16.2. The summed E-state index contributed by atoms with van der Waals surface area (Å²) < 4.78 is 1.57. The minimum atomic E-state index is -0.866. The smallest absolute Gasteiger partial charge is 0.249 e. The van der Waals surface area contributed by atoms with Crippen LogP contribution >= 0.6 is 0 Å². The van der Waals surface area contributed by atoms with Gasteiger partial charge in [0, 0.05) is 24.6 Å². The molecule has 0 bridgehead atoms. The number of fused-ring (bicyclic) bond motifs is 1. The third-order valence-electron chi connectivity index (χ3n) is 5.80. The van der Waals surface area contributed by atoms with Gasteiger partial charge >= 0.3 is 0 Å². The van der Waals surface area contributed by atoms with Crippen molar-refractivity contribution in [2.75, 3.05) is 11.4 Å². The number of hydrogen-bond donors (Lipinski definition) is 1. The number of hydrogen-bond acceptors (Lipinski definition) is 5. The van der Waals surface area contributed by atoms with Crippen molar-refractivity contribution in [1.82, 2.24) is 25.3 Å². The number of nitrogens with one attached hydrogen (secondary N) is 1. The van der Waals surface area contributed by atoms with E-state index in [1.165, 1.54) is 0 Å². The third-order valence-corrected chi connectivity index (χ3v) is 5.80. The molecule has 0 saturated carbocycles. The molecule has 0 aliphatic heterocycles. The Morgan fingerprint density at radius 1 is 1.03 bits per heavy atom. The standard InChI is InChI=1S/C27H30N6O2/c1-19(2)11-16-29-27(35)26(21-12-14-28-15-13-21)33(22-8-6-7-20(3)17-22)25(34)18-32-24-10-5-4-9-23(24)30-31-32/h4-10,12-15,17,19,26H,11,16,18H2,1-3H3,(H,29,35). The average molecular weight is 471 g/mol. The Hall–Kier alpha value is -4.07. The highest BCUT2D eigenvalue weighted by Gasteiger charge is 2.33. The first-order valence-corrected chi connectivity index (χ1v) is 11.8. The second-order valence-electron chi connectivity index (χ2n) is 9.00.